The van der Waals surface area contributed by atoms with Gasteiger partial charge in [0, 0.05) is 11.6 Å². The fourth-order valence-corrected chi connectivity index (χ4v) is 2.83. The van der Waals surface area contributed by atoms with Crippen molar-refractivity contribution in [1.82, 2.24) is 10.3 Å². The van der Waals surface area contributed by atoms with Gasteiger partial charge in [-0.3, -0.25) is 0 Å². The van der Waals surface area contributed by atoms with Gasteiger partial charge in [-0.1, -0.05) is 19.3 Å². The second kappa shape index (κ2) is 6.19. The standard InChI is InChI=1S/C14H21N3OS/c1-14(8-4-3-5-9-14)17-13(19)16-11-6-7-12(18-2)15-10-11/h6-7,10H,3-5,8-9H2,1-2H3,(H2,16,17,19). The Morgan fingerprint density at radius 3 is 2.63 bits per heavy atom. The molecule has 0 amide bonds. The van der Waals surface area contributed by atoms with Gasteiger partial charge in [-0.2, -0.15) is 0 Å². The Hall–Kier alpha value is -1.36. The van der Waals surface area contributed by atoms with E-state index in [0.717, 1.165) is 5.69 Å². The number of methoxy groups -OCH3 is 1. The van der Waals surface area contributed by atoms with E-state index >= 15 is 0 Å². The summed E-state index contributed by atoms with van der Waals surface area (Å²) in [6.07, 6.45) is 7.95. The third-order valence-corrected chi connectivity index (χ3v) is 3.78. The third-order valence-electron chi connectivity index (χ3n) is 3.58. The smallest absolute Gasteiger partial charge is 0.213 e. The Balaban J connectivity index is 1.89. The van der Waals surface area contributed by atoms with Crippen molar-refractivity contribution >= 4 is 23.0 Å². The summed E-state index contributed by atoms with van der Waals surface area (Å²) in [7, 11) is 1.60. The normalized spacial score (nSPS) is 17.6. The molecular formula is C14H21N3OS. The van der Waals surface area contributed by atoms with E-state index < -0.39 is 0 Å². The molecule has 1 aromatic rings. The molecule has 2 rings (SSSR count). The molecule has 1 aliphatic rings. The molecular weight excluding hydrogens is 258 g/mol. The zero-order valence-electron chi connectivity index (χ0n) is 11.5. The number of nitrogens with zero attached hydrogens (tertiary/aromatic N) is 1. The highest BCUT2D eigenvalue weighted by atomic mass is 32.1. The zero-order chi connectivity index (χ0) is 13.7. The lowest BCUT2D eigenvalue weighted by Gasteiger charge is -2.35. The molecule has 2 N–H and O–H groups in total. The van der Waals surface area contributed by atoms with E-state index in [4.69, 9.17) is 17.0 Å². The van der Waals surface area contributed by atoms with Crippen LogP contribution in [0.4, 0.5) is 5.69 Å². The molecule has 0 radical (unpaired) electrons. The molecule has 0 aromatic carbocycles. The highest BCUT2D eigenvalue weighted by Crippen LogP contribution is 2.27. The summed E-state index contributed by atoms with van der Waals surface area (Å²) >= 11 is 5.37. The van der Waals surface area contributed by atoms with Crippen molar-refractivity contribution in [2.45, 2.75) is 44.6 Å². The average Bonchev–Trinajstić information content (AvgIpc) is 2.39. The largest absolute Gasteiger partial charge is 0.481 e. The molecule has 1 aliphatic carbocycles. The molecule has 0 atom stereocenters. The maximum atomic E-state index is 5.37. The minimum atomic E-state index is 0.127. The number of anilines is 1. The van der Waals surface area contributed by atoms with Crippen LogP contribution in [0.1, 0.15) is 39.0 Å². The first kappa shape index (κ1) is 14.1. The molecule has 0 spiro atoms. The number of thiocarbonyl (C=S) groups is 1. The first-order valence-electron chi connectivity index (χ1n) is 6.70. The van der Waals surface area contributed by atoms with Gasteiger partial charge in [0.1, 0.15) is 0 Å². The summed E-state index contributed by atoms with van der Waals surface area (Å²) in [5.74, 6) is 0.601. The lowest BCUT2D eigenvalue weighted by molar-refractivity contribution is 0.292. The van der Waals surface area contributed by atoms with Gasteiger partial charge in [0.15, 0.2) is 5.11 Å². The highest BCUT2D eigenvalue weighted by Gasteiger charge is 2.27. The summed E-state index contributed by atoms with van der Waals surface area (Å²) in [6, 6.07) is 3.72. The van der Waals surface area contributed by atoms with Crippen LogP contribution in [0.15, 0.2) is 18.3 Å². The fraction of sp³-hybridized carbons (Fsp3) is 0.571. The molecule has 0 bridgehead atoms. The van der Waals surface area contributed by atoms with Gasteiger partial charge in [0.05, 0.1) is 19.0 Å². The fourth-order valence-electron chi connectivity index (χ4n) is 2.47. The Morgan fingerprint density at radius 1 is 1.32 bits per heavy atom. The number of nitrogens with one attached hydrogen (secondary N) is 2. The average molecular weight is 279 g/mol. The molecule has 104 valence electrons. The molecule has 0 saturated heterocycles. The van der Waals surface area contributed by atoms with E-state index in [0.29, 0.717) is 11.0 Å². The van der Waals surface area contributed by atoms with E-state index in [-0.39, 0.29) is 5.54 Å². The molecule has 1 heterocycles. The van der Waals surface area contributed by atoms with Crippen molar-refractivity contribution in [1.29, 1.82) is 0 Å². The van der Waals surface area contributed by atoms with E-state index in [1.54, 1.807) is 13.3 Å². The van der Waals surface area contributed by atoms with Crippen molar-refractivity contribution in [2.24, 2.45) is 0 Å². The third kappa shape index (κ3) is 4.06. The quantitative estimate of drug-likeness (QED) is 0.833. The van der Waals surface area contributed by atoms with Crippen LogP contribution in [0.5, 0.6) is 5.88 Å². The summed E-state index contributed by atoms with van der Waals surface area (Å²) in [6.45, 7) is 2.24. The monoisotopic (exact) mass is 279 g/mol. The van der Waals surface area contributed by atoms with Crippen LogP contribution in [-0.2, 0) is 0 Å². The zero-order valence-corrected chi connectivity index (χ0v) is 12.3. The second-order valence-corrected chi connectivity index (χ2v) is 5.70. The minimum Gasteiger partial charge on any atom is -0.481 e. The van der Waals surface area contributed by atoms with Crippen molar-refractivity contribution in [3.05, 3.63) is 18.3 Å². The van der Waals surface area contributed by atoms with Crippen LogP contribution < -0.4 is 15.4 Å². The molecule has 1 aromatic heterocycles. The van der Waals surface area contributed by atoms with Crippen molar-refractivity contribution < 1.29 is 4.74 Å². The number of ether oxygens (including phenoxy) is 1. The van der Waals surface area contributed by atoms with Crippen LogP contribution in [0.25, 0.3) is 0 Å². The second-order valence-electron chi connectivity index (χ2n) is 5.29. The number of aromatic nitrogens is 1. The number of pyridine rings is 1. The van der Waals surface area contributed by atoms with Gasteiger partial charge >= 0.3 is 0 Å². The van der Waals surface area contributed by atoms with Gasteiger partial charge in [0.25, 0.3) is 0 Å². The van der Waals surface area contributed by atoms with E-state index in [1.807, 2.05) is 12.1 Å². The van der Waals surface area contributed by atoms with E-state index in [1.165, 1.54) is 32.1 Å². The lowest BCUT2D eigenvalue weighted by atomic mass is 9.83. The summed E-state index contributed by atoms with van der Waals surface area (Å²) < 4.78 is 5.02. The molecule has 19 heavy (non-hydrogen) atoms. The Morgan fingerprint density at radius 2 is 2.05 bits per heavy atom. The first-order chi connectivity index (χ1) is 9.11. The van der Waals surface area contributed by atoms with Crippen molar-refractivity contribution in [3.8, 4) is 5.88 Å². The van der Waals surface area contributed by atoms with Gasteiger partial charge in [-0.05, 0) is 38.0 Å². The molecule has 4 nitrogen and oxygen atoms in total. The number of rotatable bonds is 3. The number of hydrogen-bond donors (Lipinski definition) is 2. The SMILES string of the molecule is COc1ccc(NC(=S)NC2(C)CCCCC2)cn1. The summed E-state index contributed by atoms with van der Waals surface area (Å²) in [5, 5.41) is 7.26. The van der Waals surface area contributed by atoms with Crippen LogP contribution in [-0.4, -0.2) is 22.7 Å². The highest BCUT2D eigenvalue weighted by molar-refractivity contribution is 7.80. The first-order valence-corrected chi connectivity index (χ1v) is 7.11. The Bertz CT molecular complexity index is 427. The van der Waals surface area contributed by atoms with Crippen LogP contribution in [0, 0.1) is 0 Å². The van der Waals surface area contributed by atoms with Gasteiger partial charge in [0.2, 0.25) is 5.88 Å². The topological polar surface area (TPSA) is 46.2 Å². The predicted molar refractivity (Wildman–Crippen MR) is 81.6 cm³/mol. The van der Waals surface area contributed by atoms with Gasteiger partial charge in [-0.25, -0.2) is 4.98 Å². The summed E-state index contributed by atoms with van der Waals surface area (Å²) in [4.78, 5) is 4.14. The molecule has 1 saturated carbocycles. The predicted octanol–water partition coefficient (Wildman–Crippen LogP) is 3.10. The van der Waals surface area contributed by atoms with E-state index in [9.17, 15) is 0 Å². The van der Waals surface area contributed by atoms with Crippen molar-refractivity contribution in [3.63, 3.8) is 0 Å². The van der Waals surface area contributed by atoms with Crippen molar-refractivity contribution in [2.75, 3.05) is 12.4 Å². The van der Waals surface area contributed by atoms with Gasteiger partial charge in [-0.15, -0.1) is 0 Å². The summed E-state index contributed by atoms with van der Waals surface area (Å²) in [5.41, 5.74) is 1.00. The lowest BCUT2D eigenvalue weighted by Crippen LogP contribution is -2.48. The van der Waals surface area contributed by atoms with Crippen LogP contribution in [0.3, 0.4) is 0 Å². The number of hydrogen-bond acceptors (Lipinski definition) is 3. The van der Waals surface area contributed by atoms with Gasteiger partial charge < -0.3 is 15.4 Å². The maximum Gasteiger partial charge on any atom is 0.213 e. The van der Waals surface area contributed by atoms with E-state index in [2.05, 4.69) is 22.5 Å². The molecule has 0 aliphatic heterocycles. The molecule has 5 heteroatoms. The Labute approximate surface area is 120 Å². The van der Waals surface area contributed by atoms with Crippen LogP contribution >= 0.6 is 12.2 Å². The Kier molecular flexibility index (Phi) is 4.58. The maximum absolute atomic E-state index is 5.37. The van der Waals surface area contributed by atoms with Crippen LogP contribution in [0.2, 0.25) is 0 Å². The molecule has 1 fully saturated rings. The minimum absolute atomic E-state index is 0.127. The molecule has 0 unspecified atom stereocenters.